The van der Waals surface area contributed by atoms with Gasteiger partial charge in [-0.15, -0.1) is 0 Å². The first-order valence-corrected chi connectivity index (χ1v) is 7.49. The van der Waals surface area contributed by atoms with Crippen molar-refractivity contribution in [2.24, 2.45) is 5.92 Å². The minimum Gasteiger partial charge on any atom is -0.480 e. The van der Waals surface area contributed by atoms with Gasteiger partial charge in [0.05, 0.1) is 0 Å². The van der Waals surface area contributed by atoms with E-state index in [1.54, 1.807) is 0 Å². The maximum atomic E-state index is 11.7. The molecule has 2 aliphatic carbocycles. The first-order chi connectivity index (χ1) is 9.62. The Kier molecular flexibility index (Phi) is 5.23. The molecule has 0 saturated heterocycles. The molecule has 0 aromatic rings. The minimum absolute atomic E-state index is 0.392. The molecule has 0 aromatic heterocycles. The molecule has 2 amide bonds. The normalized spacial score (nSPS) is 20.6. The highest BCUT2D eigenvalue weighted by molar-refractivity contribution is 5.86. The van der Waals surface area contributed by atoms with Crippen LogP contribution in [-0.4, -0.2) is 42.4 Å². The molecule has 2 aliphatic rings. The zero-order valence-electron chi connectivity index (χ0n) is 11.8. The molecule has 20 heavy (non-hydrogen) atoms. The van der Waals surface area contributed by atoms with Crippen LogP contribution in [0.5, 0.6) is 0 Å². The van der Waals surface area contributed by atoms with Crippen molar-refractivity contribution in [3.8, 4) is 0 Å². The number of carboxylic acid groups (broad SMARTS) is 1. The summed E-state index contributed by atoms with van der Waals surface area (Å²) >= 11 is 0. The van der Waals surface area contributed by atoms with E-state index in [0.29, 0.717) is 26.0 Å². The number of rotatable bonds is 8. The van der Waals surface area contributed by atoms with Gasteiger partial charge in [0, 0.05) is 19.8 Å². The summed E-state index contributed by atoms with van der Waals surface area (Å²) in [7, 11) is 0. The Hall–Kier alpha value is -1.30. The number of hydrogen-bond donors (Lipinski definition) is 3. The smallest absolute Gasteiger partial charge is 0.329 e. The summed E-state index contributed by atoms with van der Waals surface area (Å²) in [6.45, 7) is 1.97. The number of aliphatic carboxylic acids is 1. The highest BCUT2D eigenvalue weighted by Gasteiger charge is 2.42. The molecule has 0 spiro atoms. The molecule has 6 nitrogen and oxygen atoms in total. The van der Waals surface area contributed by atoms with Crippen LogP contribution in [0.2, 0.25) is 0 Å². The Morgan fingerprint density at radius 1 is 1.25 bits per heavy atom. The van der Waals surface area contributed by atoms with Crippen molar-refractivity contribution < 1.29 is 19.4 Å². The third-order valence-corrected chi connectivity index (χ3v) is 4.02. The van der Waals surface area contributed by atoms with Gasteiger partial charge in [-0.25, -0.2) is 9.59 Å². The minimum atomic E-state index is -1.06. The molecule has 2 saturated carbocycles. The fourth-order valence-corrected chi connectivity index (χ4v) is 2.54. The summed E-state index contributed by atoms with van der Waals surface area (Å²) in [6.07, 6.45) is 6.03. The average Bonchev–Trinajstić information content (AvgIpc) is 3.11. The summed E-state index contributed by atoms with van der Waals surface area (Å²) in [5, 5.41) is 14.6. The van der Waals surface area contributed by atoms with Crippen LogP contribution in [0.25, 0.3) is 0 Å². The average molecular weight is 284 g/mol. The van der Waals surface area contributed by atoms with Gasteiger partial charge in [0.2, 0.25) is 0 Å². The first kappa shape index (κ1) is 15.1. The predicted molar refractivity (Wildman–Crippen MR) is 73.5 cm³/mol. The summed E-state index contributed by atoms with van der Waals surface area (Å²) in [5.74, 6) is -0.179. The first-order valence-electron chi connectivity index (χ1n) is 7.49. The van der Waals surface area contributed by atoms with Gasteiger partial charge in [-0.2, -0.15) is 0 Å². The quantitative estimate of drug-likeness (QED) is 0.589. The fraction of sp³-hybridized carbons (Fsp3) is 0.857. The monoisotopic (exact) mass is 284 g/mol. The second-order valence-corrected chi connectivity index (χ2v) is 5.85. The van der Waals surface area contributed by atoms with Crippen molar-refractivity contribution in [1.82, 2.24) is 10.6 Å². The number of urea groups is 1. The van der Waals surface area contributed by atoms with Crippen LogP contribution in [0.1, 0.15) is 44.9 Å². The zero-order valence-corrected chi connectivity index (χ0v) is 11.8. The van der Waals surface area contributed by atoms with Crippen molar-refractivity contribution in [2.45, 2.75) is 50.5 Å². The number of ether oxygens (including phenoxy) is 1. The van der Waals surface area contributed by atoms with E-state index in [1.807, 2.05) is 0 Å². The van der Waals surface area contributed by atoms with E-state index in [1.165, 1.54) is 12.8 Å². The number of amides is 2. The largest absolute Gasteiger partial charge is 0.480 e. The molecular formula is C14H24N2O4. The molecule has 0 heterocycles. The molecule has 0 atom stereocenters. The van der Waals surface area contributed by atoms with Crippen LogP contribution >= 0.6 is 0 Å². The van der Waals surface area contributed by atoms with E-state index in [4.69, 9.17) is 4.74 Å². The topological polar surface area (TPSA) is 87.7 Å². The summed E-state index contributed by atoms with van der Waals surface area (Å²) in [4.78, 5) is 23.0. The van der Waals surface area contributed by atoms with Gasteiger partial charge in [0.25, 0.3) is 0 Å². The molecular weight excluding hydrogens is 260 g/mol. The third-order valence-electron chi connectivity index (χ3n) is 4.02. The second kappa shape index (κ2) is 6.92. The van der Waals surface area contributed by atoms with E-state index in [-0.39, 0.29) is 0 Å². The maximum Gasteiger partial charge on any atom is 0.329 e. The Balaban J connectivity index is 1.57. The molecule has 0 unspecified atom stereocenters. The zero-order chi connectivity index (χ0) is 14.4. The predicted octanol–water partition coefficient (Wildman–Crippen LogP) is 1.50. The SMILES string of the molecule is O=C(NCCCOCC1CC1)NC1(C(=O)O)CCCC1. The number of carbonyl (C=O) groups excluding carboxylic acids is 1. The summed E-state index contributed by atoms with van der Waals surface area (Å²) in [6, 6.07) is -0.392. The highest BCUT2D eigenvalue weighted by Crippen LogP contribution is 2.30. The Morgan fingerprint density at radius 3 is 2.55 bits per heavy atom. The standard InChI is InChI=1S/C14H24N2O4/c17-12(18)14(6-1-2-7-14)16-13(19)15-8-3-9-20-10-11-4-5-11/h11H,1-10H2,(H,17,18)(H2,15,16,19). The lowest BCUT2D eigenvalue weighted by molar-refractivity contribution is -0.144. The lowest BCUT2D eigenvalue weighted by atomic mass is 9.98. The fourth-order valence-electron chi connectivity index (χ4n) is 2.54. The van der Waals surface area contributed by atoms with Crippen molar-refractivity contribution >= 4 is 12.0 Å². The van der Waals surface area contributed by atoms with Gasteiger partial charge in [-0.1, -0.05) is 12.8 Å². The number of hydrogen-bond acceptors (Lipinski definition) is 3. The molecule has 0 aliphatic heterocycles. The van der Waals surface area contributed by atoms with Crippen LogP contribution in [-0.2, 0) is 9.53 Å². The van der Waals surface area contributed by atoms with E-state index in [0.717, 1.165) is 31.8 Å². The van der Waals surface area contributed by atoms with Crippen molar-refractivity contribution in [3.63, 3.8) is 0 Å². The van der Waals surface area contributed by atoms with E-state index in [9.17, 15) is 14.7 Å². The van der Waals surface area contributed by atoms with Crippen molar-refractivity contribution in [1.29, 1.82) is 0 Å². The summed E-state index contributed by atoms with van der Waals surface area (Å²) < 4.78 is 5.47. The van der Waals surface area contributed by atoms with Crippen LogP contribution in [0.3, 0.4) is 0 Å². The van der Waals surface area contributed by atoms with Crippen LogP contribution in [0.4, 0.5) is 4.79 Å². The highest BCUT2D eigenvalue weighted by atomic mass is 16.5. The van der Waals surface area contributed by atoms with Crippen molar-refractivity contribution in [3.05, 3.63) is 0 Å². The molecule has 2 rings (SSSR count). The third kappa shape index (κ3) is 4.37. The van der Waals surface area contributed by atoms with Gasteiger partial charge >= 0.3 is 12.0 Å². The van der Waals surface area contributed by atoms with Gasteiger partial charge in [-0.3, -0.25) is 0 Å². The number of carbonyl (C=O) groups is 2. The van der Waals surface area contributed by atoms with Gasteiger partial charge in [0.15, 0.2) is 0 Å². The molecule has 2 fully saturated rings. The van der Waals surface area contributed by atoms with Crippen LogP contribution in [0, 0.1) is 5.92 Å². The summed E-state index contributed by atoms with van der Waals surface area (Å²) in [5.41, 5.74) is -1.06. The second-order valence-electron chi connectivity index (χ2n) is 5.85. The van der Waals surface area contributed by atoms with E-state index in [2.05, 4.69) is 10.6 Å². The maximum absolute atomic E-state index is 11.7. The lowest BCUT2D eigenvalue weighted by Gasteiger charge is -2.25. The van der Waals surface area contributed by atoms with Gasteiger partial charge < -0.3 is 20.5 Å². The van der Waals surface area contributed by atoms with Gasteiger partial charge in [0.1, 0.15) is 5.54 Å². The molecule has 114 valence electrons. The molecule has 0 radical (unpaired) electrons. The molecule has 3 N–H and O–H groups in total. The molecule has 6 heteroatoms. The van der Waals surface area contributed by atoms with Crippen LogP contribution < -0.4 is 10.6 Å². The Morgan fingerprint density at radius 2 is 1.95 bits per heavy atom. The Bertz CT molecular complexity index is 349. The van der Waals surface area contributed by atoms with Gasteiger partial charge in [-0.05, 0) is 38.0 Å². The lowest BCUT2D eigenvalue weighted by Crippen LogP contribution is -2.55. The van der Waals surface area contributed by atoms with Crippen molar-refractivity contribution in [2.75, 3.05) is 19.8 Å². The van der Waals surface area contributed by atoms with Crippen LogP contribution in [0.15, 0.2) is 0 Å². The molecule has 0 bridgehead atoms. The Labute approximate surface area is 119 Å². The van der Waals surface area contributed by atoms with E-state index >= 15 is 0 Å². The molecule has 0 aromatic carbocycles. The number of carboxylic acids is 1. The number of nitrogens with one attached hydrogen (secondary N) is 2. The van der Waals surface area contributed by atoms with E-state index < -0.39 is 17.5 Å².